The molecular weight excluding hydrogens is 282 g/mol. The number of hydrogen-bond donors (Lipinski definition) is 1. The summed E-state index contributed by atoms with van der Waals surface area (Å²) in [6.07, 6.45) is 3.49. The van der Waals surface area contributed by atoms with Gasteiger partial charge in [-0.3, -0.25) is 0 Å². The highest BCUT2D eigenvalue weighted by Gasteiger charge is 2.21. The van der Waals surface area contributed by atoms with Crippen LogP contribution in [0.2, 0.25) is 0 Å². The van der Waals surface area contributed by atoms with Crippen molar-refractivity contribution < 1.29 is 19.2 Å². The molecule has 3 rings (SSSR count). The first kappa shape index (κ1) is 14.2. The molecular formula is C17H15NO4. The first-order valence-corrected chi connectivity index (χ1v) is 7.10. The monoisotopic (exact) mass is 297 g/mol. The first-order valence-electron chi connectivity index (χ1n) is 7.10. The summed E-state index contributed by atoms with van der Waals surface area (Å²) < 4.78 is 10.4. The van der Waals surface area contributed by atoms with Crippen LogP contribution in [0.4, 0.5) is 0 Å². The Balaban J connectivity index is 1.77. The Morgan fingerprint density at radius 2 is 2.32 bits per heavy atom. The Hall–Kier alpha value is -2.74. The molecule has 1 aliphatic carbocycles. The molecule has 0 amide bonds. The lowest BCUT2D eigenvalue weighted by Gasteiger charge is -2.03. The fourth-order valence-electron chi connectivity index (χ4n) is 2.03. The molecule has 1 saturated carbocycles. The molecule has 1 aromatic carbocycles. The van der Waals surface area contributed by atoms with Crippen molar-refractivity contribution in [1.82, 2.24) is 5.16 Å². The van der Waals surface area contributed by atoms with E-state index in [2.05, 4.69) is 17.0 Å². The van der Waals surface area contributed by atoms with Crippen molar-refractivity contribution in [2.45, 2.75) is 26.2 Å². The maximum atomic E-state index is 11.2. The van der Waals surface area contributed by atoms with Gasteiger partial charge in [0.1, 0.15) is 5.75 Å². The third-order valence-corrected chi connectivity index (χ3v) is 3.41. The number of nitrogens with zero attached hydrogens (tertiary/aromatic N) is 1. The molecule has 1 aliphatic rings. The molecule has 0 unspecified atom stereocenters. The van der Waals surface area contributed by atoms with Crippen LogP contribution in [0.1, 0.15) is 40.9 Å². The van der Waals surface area contributed by atoms with E-state index < -0.39 is 5.97 Å². The van der Waals surface area contributed by atoms with Gasteiger partial charge < -0.3 is 14.4 Å². The van der Waals surface area contributed by atoms with Gasteiger partial charge in [-0.05, 0) is 49.0 Å². The van der Waals surface area contributed by atoms with E-state index >= 15 is 0 Å². The lowest BCUT2D eigenvalue weighted by molar-refractivity contribution is 0.0692. The fourth-order valence-corrected chi connectivity index (χ4v) is 2.03. The number of rotatable bonds is 4. The van der Waals surface area contributed by atoms with E-state index in [0.717, 1.165) is 17.9 Å². The summed E-state index contributed by atoms with van der Waals surface area (Å²) in [5.74, 6) is 6.53. The van der Waals surface area contributed by atoms with Crippen molar-refractivity contribution in [2.75, 3.05) is 0 Å². The van der Waals surface area contributed by atoms with Gasteiger partial charge >= 0.3 is 5.97 Å². The molecule has 0 spiro atoms. The summed E-state index contributed by atoms with van der Waals surface area (Å²) >= 11 is 0. The van der Waals surface area contributed by atoms with Gasteiger partial charge in [-0.25, -0.2) is 4.79 Å². The zero-order chi connectivity index (χ0) is 15.5. The van der Waals surface area contributed by atoms with Crippen molar-refractivity contribution in [3.05, 3.63) is 41.2 Å². The normalized spacial score (nSPS) is 13.3. The number of carboxylic acid groups (broad SMARTS) is 1. The van der Waals surface area contributed by atoms with Gasteiger partial charge in [0.15, 0.2) is 11.3 Å². The van der Waals surface area contributed by atoms with E-state index in [1.54, 1.807) is 12.1 Å². The second-order valence-corrected chi connectivity index (χ2v) is 5.30. The van der Waals surface area contributed by atoms with Gasteiger partial charge in [-0.15, -0.1) is 0 Å². The van der Waals surface area contributed by atoms with Gasteiger partial charge in [-0.1, -0.05) is 17.9 Å². The van der Waals surface area contributed by atoms with Gasteiger partial charge in [0, 0.05) is 12.0 Å². The van der Waals surface area contributed by atoms with Crippen molar-refractivity contribution in [3.63, 3.8) is 0 Å². The van der Waals surface area contributed by atoms with Crippen LogP contribution in [0, 0.1) is 24.7 Å². The third kappa shape index (κ3) is 3.29. The molecule has 5 nitrogen and oxygen atoms in total. The Bertz CT molecular complexity index is 762. The smallest absolute Gasteiger partial charge is 0.344 e. The summed E-state index contributed by atoms with van der Waals surface area (Å²) in [6.45, 7) is 1.53. The second kappa shape index (κ2) is 5.94. The topological polar surface area (TPSA) is 72.6 Å². The standard InChI is InChI=1S/C17H15NO4/c1-11-15(17(19)20)16(18-22-11)21-14-7-3-6-13(10-14)5-2-4-12-8-9-12/h3,6-7,10,12H,4,8-9H2,1H3,(H,19,20). The van der Waals surface area contributed by atoms with Crippen LogP contribution in [-0.4, -0.2) is 16.2 Å². The largest absolute Gasteiger partial charge is 0.477 e. The van der Waals surface area contributed by atoms with E-state index in [0.29, 0.717) is 5.75 Å². The quantitative estimate of drug-likeness (QED) is 0.872. The maximum absolute atomic E-state index is 11.2. The number of hydrogen-bond acceptors (Lipinski definition) is 4. The molecule has 0 atom stereocenters. The van der Waals surface area contributed by atoms with E-state index in [1.165, 1.54) is 19.8 Å². The van der Waals surface area contributed by atoms with Crippen LogP contribution in [0.25, 0.3) is 0 Å². The molecule has 5 heteroatoms. The second-order valence-electron chi connectivity index (χ2n) is 5.30. The van der Waals surface area contributed by atoms with E-state index in [4.69, 9.17) is 14.4 Å². The van der Waals surface area contributed by atoms with E-state index in [1.807, 2.05) is 12.1 Å². The molecule has 0 saturated heterocycles. The average molecular weight is 297 g/mol. The Labute approximate surface area is 127 Å². The van der Waals surface area contributed by atoms with Crippen LogP contribution in [0.15, 0.2) is 28.8 Å². The number of carboxylic acids is 1. The number of ether oxygens (including phenoxy) is 1. The zero-order valence-corrected chi connectivity index (χ0v) is 12.1. The van der Waals surface area contributed by atoms with Gasteiger partial charge in [0.05, 0.1) is 0 Å². The van der Waals surface area contributed by atoms with Crippen molar-refractivity contribution in [2.24, 2.45) is 5.92 Å². The third-order valence-electron chi connectivity index (χ3n) is 3.41. The van der Waals surface area contributed by atoms with Gasteiger partial charge in [-0.2, -0.15) is 0 Å². The number of carbonyl (C=O) groups is 1. The number of aromatic carboxylic acids is 1. The van der Waals surface area contributed by atoms with Crippen LogP contribution in [0.3, 0.4) is 0 Å². The molecule has 2 aromatic rings. The van der Waals surface area contributed by atoms with Crippen molar-refractivity contribution in [1.29, 1.82) is 0 Å². The molecule has 0 bridgehead atoms. The molecule has 1 aromatic heterocycles. The lowest BCUT2D eigenvalue weighted by atomic mass is 10.2. The van der Waals surface area contributed by atoms with Crippen LogP contribution in [-0.2, 0) is 0 Å². The summed E-state index contributed by atoms with van der Waals surface area (Å²) in [5, 5.41) is 12.8. The van der Waals surface area contributed by atoms with Gasteiger partial charge in [0.25, 0.3) is 5.88 Å². The number of aromatic nitrogens is 1. The Morgan fingerprint density at radius 1 is 1.50 bits per heavy atom. The molecule has 1 N–H and O–H groups in total. The minimum atomic E-state index is -1.13. The molecule has 0 aliphatic heterocycles. The number of aryl methyl sites for hydroxylation is 1. The SMILES string of the molecule is Cc1onc(Oc2cccc(C#CCC3CC3)c2)c1C(=O)O. The minimum absolute atomic E-state index is 0.0481. The van der Waals surface area contributed by atoms with Crippen molar-refractivity contribution >= 4 is 5.97 Å². The Morgan fingerprint density at radius 3 is 3.05 bits per heavy atom. The van der Waals surface area contributed by atoms with Crippen LogP contribution < -0.4 is 4.74 Å². The van der Waals surface area contributed by atoms with E-state index in [9.17, 15) is 4.79 Å². The summed E-state index contributed by atoms with van der Waals surface area (Å²) in [7, 11) is 0. The summed E-state index contributed by atoms with van der Waals surface area (Å²) in [4.78, 5) is 11.2. The lowest BCUT2D eigenvalue weighted by Crippen LogP contribution is -1.99. The zero-order valence-electron chi connectivity index (χ0n) is 12.1. The van der Waals surface area contributed by atoms with E-state index in [-0.39, 0.29) is 17.2 Å². The minimum Gasteiger partial charge on any atom is -0.477 e. The highest BCUT2D eigenvalue weighted by atomic mass is 16.5. The molecule has 1 heterocycles. The molecule has 1 fully saturated rings. The Kier molecular flexibility index (Phi) is 3.84. The molecule has 22 heavy (non-hydrogen) atoms. The first-order chi connectivity index (χ1) is 10.6. The predicted molar refractivity (Wildman–Crippen MR) is 78.9 cm³/mol. The van der Waals surface area contributed by atoms with Crippen LogP contribution in [0.5, 0.6) is 11.6 Å². The summed E-state index contributed by atoms with van der Waals surface area (Å²) in [6, 6.07) is 7.18. The van der Waals surface area contributed by atoms with Crippen molar-refractivity contribution in [3.8, 4) is 23.5 Å². The highest BCUT2D eigenvalue weighted by Crippen LogP contribution is 2.31. The molecule has 0 radical (unpaired) electrons. The average Bonchev–Trinajstić information content (AvgIpc) is 3.22. The molecule has 112 valence electrons. The fraction of sp³-hybridized carbons (Fsp3) is 0.294. The summed E-state index contributed by atoms with van der Waals surface area (Å²) in [5.41, 5.74) is 0.764. The van der Waals surface area contributed by atoms with Crippen LogP contribution >= 0.6 is 0 Å². The maximum Gasteiger partial charge on any atom is 0.344 e. The number of benzene rings is 1. The van der Waals surface area contributed by atoms with Gasteiger partial charge in [0.2, 0.25) is 0 Å². The highest BCUT2D eigenvalue weighted by molar-refractivity contribution is 5.91. The predicted octanol–water partition coefficient (Wildman–Crippen LogP) is 3.63.